The van der Waals surface area contributed by atoms with Gasteiger partial charge in [0.05, 0.1) is 44.1 Å². The second-order valence-electron chi connectivity index (χ2n) is 8.04. The third-order valence-corrected chi connectivity index (χ3v) is 6.45. The molecular formula is C25H27ClN2O6. The van der Waals surface area contributed by atoms with Gasteiger partial charge in [-0.2, -0.15) is 0 Å². The minimum absolute atomic E-state index is 0.00212. The van der Waals surface area contributed by atoms with Gasteiger partial charge in [-0.3, -0.25) is 14.5 Å². The molecule has 0 aromatic heterocycles. The summed E-state index contributed by atoms with van der Waals surface area (Å²) >= 11 is 6.25. The summed E-state index contributed by atoms with van der Waals surface area (Å²) in [5, 5.41) is 11.5. The number of Topliss-reactive ketones (excluding diaryl/α,β-unsaturated/α-hetero) is 1. The number of morpholine rings is 1. The topological polar surface area (TPSA) is 88.5 Å². The fraction of sp³-hybridized carbons (Fsp3) is 0.360. The van der Waals surface area contributed by atoms with Gasteiger partial charge in [0.15, 0.2) is 0 Å². The third-order valence-electron chi connectivity index (χ3n) is 6.16. The number of ether oxygens (including phenoxy) is 3. The van der Waals surface area contributed by atoms with Gasteiger partial charge in [0.1, 0.15) is 17.3 Å². The number of amides is 1. The minimum Gasteiger partial charge on any atom is -0.507 e. The van der Waals surface area contributed by atoms with Crippen molar-refractivity contribution in [3.05, 3.63) is 64.2 Å². The molecule has 0 saturated carbocycles. The first-order valence-corrected chi connectivity index (χ1v) is 11.4. The van der Waals surface area contributed by atoms with E-state index in [9.17, 15) is 14.7 Å². The van der Waals surface area contributed by atoms with E-state index in [1.54, 1.807) is 24.3 Å². The molecule has 2 heterocycles. The maximum Gasteiger partial charge on any atom is 0.295 e. The highest BCUT2D eigenvalue weighted by Crippen LogP contribution is 2.43. The molecular weight excluding hydrogens is 460 g/mol. The quantitative estimate of drug-likeness (QED) is 0.365. The van der Waals surface area contributed by atoms with Gasteiger partial charge in [0, 0.05) is 37.3 Å². The lowest BCUT2D eigenvalue weighted by Gasteiger charge is -2.31. The Balaban J connectivity index is 1.78. The minimum atomic E-state index is -0.807. The third kappa shape index (κ3) is 4.61. The van der Waals surface area contributed by atoms with Crippen LogP contribution >= 0.6 is 11.6 Å². The fourth-order valence-electron chi connectivity index (χ4n) is 4.37. The van der Waals surface area contributed by atoms with Crippen LogP contribution in [0.2, 0.25) is 5.02 Å². The molecule has 2 saturated heterocycles. The number of hydrogen-bond donors (Lipinski definition) is 1. The number of aliphatic hydroxyl groups excluding tert-OH is 1. The molecule has 0 aliphatic carbocycles. The van der Waals surface area contributed by atoms with E-state index in [2.05, 4.69) is 4.90 Å². The zero-order valence-electron chi connectivity index (χ0n) is 19.1. The van der Waals surface area contributed by atoms with Crippen LogP contribution in [0.15, 0.2) is 48.0 Å². The molecule has 4 rings (SSSR count). The first kappa shape index (κ1) is 24.1. The lowest BCUT2D eigenvalue weighted by Crippen LogP contribution is -2.42. The van der Waals surface area contributed by atoms with Crippen LogP contribution in [0.5, 0.6) is 11.5 Å². The lowest BCUT2D eigenvalue weighted by molar-refractivity contribution is -0.140. The van der Waals surface area contributed by atoms with Crippen LogP contribution in [0.3, 0.4) is 0 Å². The van der Waals surface area contributed by atoms with Crippen molar-refractivity contribution in [2.45, 2.75) is 6.04 Å². The molecule has 0 radical (unpaired) electrons. The highest BCUT2D eigenvalue weighted by molar-refractivity contribution is 6.46. The average molecular weight is 487 g/mol. The Morgan fingerprint density at radius 1 is 1.06 bits per heavy atom. The van der Waals surface area contributed by atoms with Crippen molar-refractivity contribution in [2.24, 2.45) is 0 Å². The molecule has 34 heavy (non-hydrogen) atoms. The second-order valence-corrected chi connectivity index (χ2v) is 8.44. The number of carbonyl (C=O) groups excluding carboxylic acids is 2. The number of nitrogens with zero attached hydrogens (tertiary/aromatic N) is 2. The van der Waals surface area contributed by atoms with Crippen molar-refractivity contribution in [1.82, 2.24) is 9.80 Å². The number of halogens is 1. The standard InChI is InChI=1S/C25H27ClN2O6/c1-32-19-6-4-3-5-17(19)22-21(23(29)16-7-8-20(33-2)18(26)15-16)24(30)25(31)28(22)10-9-27-11-13-34-14-12-27/h3-8,15,22,29H,9-14H2,1-2H3/b23-21+/t22-/m1/s1. The summed E-state index contributed by atoms with van der Waals surface area (Å²) in [6, 6.07) is 11.1. The van der Waals surface area contributed by atoms with Gasteiger partial charge >= 0.3 is 0 Å². The molecule has 1 amide bonds. The molecule has 2 aromatic rings. The second kappa shape index (κ2) is 10.5. The number of hydrogen-bond acceptors (Lipinski definition) is 7. The molecule has 0 bridgehead atoms. The van der Waals surface area contributed by atoms with Gasteiger partial charge in [-0.05, 0) is 24.3 Å². The van der Waals surface area contributed by atoms with Crippen LogP contribution in [0.25, 0.3) is 5.76 Å². The number of rotatable bonds is 7. The summed E-state index contributed by atoms with van der Waals surface area (Å²) in [6.45, 7) is 3.67. The highest BCUT2D eigenvalue weighted by Gasteiger charge is 2.47. The van der Waals surface area contributed by atoms with Gasteiger partial charge in [0.2, 0.25) is 0 Å². The van der Waals surface area contributed by atoms with Crippen LogP contribution in [-0.2, 0) is 14.3 Å². The van der Waals surface area contributed by atoms with Crippen LogP contribution < -0.4 is 9.47 Å². The van der Waals surface area contributed by atoms with E-state index in [-0.39, 0.29) is 16.4 Å². The van der Waals surface area contributed by atoms with Gasteiger partial charge < -0.3 is 24.2 Å². The summed E-state index contributed by atoms with van der Waals surface area (Å²) in [4.78, 5) is 30.1. The maximum atomic E-state index is 13.2. The van der Waals surface area contributed by atoms with Crippen molar-refractivity contribution in [2.75, 3.05) is 53.6 Å². The van der Waals surface area contributed by atoms with E-state index in [0.29, 0.717) is 48.9 Å². The predicted octanol–water partition coefficient (Wildman–Crippen LogP) is 3.11. The zero-order valence-corrected chi connectivity index (χ0v) is 19.9. The molecule has 2 aliphatic rings. The molecule has 0 spiro atoms. The molecule has 2 aliphatic heterocycles. The Hall–Kier alpha value is -3.07. The summed E-state index contributed by atoms with van der Waals surface area (Å²) in [5.74, 6) is -0.754. The molecule has 1 atom stereocenters. The van der Waals surface area contributed by atoms with Crippen molar-refractivity contribution in [3.63, 3.8) is 0 Å². The SMILES string of the molecule is COc1ccc(/C(O)=C2\C(=O)C(=O)N(CCN3CCOCC3)[C@@H]2c2ccccc2OC)cc1Cl. The lowest BCUT2D eigenvalue weighted by atomic mass is 9.94. The molecule has 0 unspecified atom stereocenters. The summed E-state index contributed by atoms with van der Waals surface area (Å²) < 4.78 is 16.1. The number of carbonyl (C=O) groups is 2. The fourth-order valence-corrected chi connectivity index (χ4v) is 4.63. The Morgan fingerprint density at radius 3 is 2.44 bits per heavy atom. The van der Waals surface area contributed by atoms with E-state index in [4.69, 9.17) is 25.8 Å². The molecule has 180 valence electrons. The van der Waals surface area contributed by atoms with Crippen molar-refractivity contribution in [3.8, 4) is 11.5 Å². The number of para-hydroxylation sites is 1. The average Bonchev–Trinajstić information content (AvgIpc) is 3.12. The van der Waals surface area contributed by atoms with E-state index in [1.807, 2.05) is 12.1 Å². The monoisotopic (exact) mass is 486 g/mol. The number of likely N-dealkylation sites (tertiary alicyclic amines) is 1. The maximum absolute atomic E-state index is 13.2. The van der Waals surface area contributed by atoms with E-state index in [1.165, 1.54) is 25.2 Å². The van der Waals surface area contributed by atoms with Gasteiger partial charge in [0.25, 0.3) is 11.7 Å². The van der Waals surface area contributed by atoms with Crippen LogP contribution in [0, 0.1) is 0 Å². The summed E-state index contributed by atoms with van der Waals surface area (Å²) in [7, 11) is 3.02. The normalized spacial score (nSPS) is 20.6. The van der Waals surface area contributed by atoms with Crippen molar-refractivity contribution < 1.29 is 28.9 Å². The number of ketones is 1. The van der Waals surface area contributed by atoms with Gasteiger partial charge in [-0.1, -0.05) is 29.8 Å². The zero-order chi connectivity index (χ0) is 24.2. The molecule has 8 nitrogen and oxygen atoms in total. The van der Waals surface area contributed by atoms with Crippen LogP contribution in [-0.4, -0.2) is 80.2 Å². The summed E-state index contributed by atoms with van der Waals surface area (Å²) in [6.07, 6.45) is 0. The Labute approximate surface area is 203 Å². The molecule has 2 fully saturated rings. The Morgan fingerprint density at radius 2 is 1.76 bits per heavy atom. The van der Waals surface area contributed by atoms with E-state index < -0.39 is 17.7 Å². The number of methoxy groups -OCH3 is 2. The Bertz CT molecular complexity index is 1110. The highest BCUT2D eigenvalue weighted by atomic mass is 35.5. The van der Waals surface area contributed by atoms with Crippen LogP contribution in [0.4, 0.5) is 0 Å². The molecule has 2 aromatic carbocycles. The summed E-state index contributed by atoms with van der Waals surface area (Å²) in [5.41, 5.74) is 0.932. The first-order chi connectivity index (χ1) is 16.5. The largest absolute Gasteiger partial charge is 0.507 e. The Kier molecular flexibility index (Phi) is 7.41. The van der Waals surface area contributed by atoms with Crippen LogP contribution in [0.1, 0.15) is 17.2 Å². The first-order valence-electron chi connectivity index (χ1n) is 11.0. The molecule has 1 N–H and O–H groups in total. The molecule has 9 heteroatoms. The smallest absolute Gasteiger partial charge is 0.295 e. The van der Waals surface area contributed by atoms with Crippen molar-refractivity contribution in [1.29, 1.82) is 0 Å². The van der Waals surface area contributed by atoms with E-state index >= 15 is 0 Å². The number of aliphatic hydroxyl groups is 1. The predicted molar refractivity (Wildman–Crippen MR) is 127 cm³/mol. The number of benzene rings is 2. The van der Waals surface area contributed by atoms with Crippen molar-refractivity contribution >= 4 is 29.1 Å². The van der Waals surface area contributed by atoms with Gasteiger partial charge in [-0.25, -0.2) is 0 Å². The van der Waals surface area contributed by atoms with Gasteiger partial charge in [-0.15, -0.1) is 0 Å². The van der Waals surface area contributed by atoms with E-state index in [0.717, 1.165) is 13.1 Å².